The average Bonchev–Trinajstić information content (AvgIpc) is 2.67. The predicted octanol–water partition coefficient (Wildman–Crippen LogP) is 2.13. The van der Waals surface area contributed by atoms with Gasteiger partial charge >= 0.3 is 0 Å². The van der Waals surface area contributed by atoms with Crippen molar-refractivity contribution in [3.05, 3.63) is 58.9 Å². The molecule has 0 saturated carbocycles. The Morgan fingerprint density at radius 3 is 2.92 bits per heavy atom. The second-order valence-corrected chi connectivity index (χ2v) is 5.98. The standard InChI is InChI=1S/C19H21FN2O4/c1-25-17-5-2-12(8-16(17)23)10-22-19(24)15-9-13(20)3-4-14(15)18-11-21-6-7-26-18/h2-5,8-9,18,21,23H,6-7,10-11H2,1H3,(H,22,24). The van der Waals surface area contributed by atoms with Gasteiger partial charge in [-0.2, -0.15) is 0 Å². The van der Waals surface area contributed by atoms with E-state index < -0.39 is 11.7 Å². The molecule has 0 aliphatic carbocycles. The lowest BCUT2D eigenvalue weighted by molar-refractivity contribution is 0.0270. The molecular weight excluding hydrogens is 339 g/mol. The second kappa shape index (κ2) is 8.16. The van der Waals surface area contributed by atoms with Gasteiger partial charge < -0.3 is 25.2 Å². The molecule has 1 amide bonds. The van der Waals surface area contributed by atoms with E-state index in [-0.39, 0.29) is 24.0 Å². The van der Waals surface area contributed by atoms with E-state index in [0.717, 1.165) is 6.54 Å². The number of amides is 1. The Morgan fingerprint density at radius 2 is 2.23 bits per heavy atom. The molecule has 2 aromatic rings. The van der Waals surface area contributed by atoms with Crippen molar-refractivity contribution in [3.63, 3.8) is 0 Å². The summed E-state index contributed by atoms with van der Waals surface area (Å²) in [6.45, 7) is 2.04. The highest BCUT2D eigenvalue weighted by Gasteiger charge is 2.22. The highest BCUT2D eigenvalue weighted by molar-refractivity contribution is 5.95. The van der Waals surface area contributed by atoms with Crippen molar-refractivity contribution >= 4 is 5.91 Å². The summed E-state index contributed by atoms with van der Waals surface area (Å²) in [4.78, 5) is 12.6. The third kappa shape index (κ3) is 4.12. The van der Waals surface area contributed by atoms with E-state index in [0.29, 0.717) is 30.0 Å². The number of aromatic hydroxyl groups is 1. The van der Waals surface area contributed by atoms with Crippen molar-refractivity contribution in [1.82, 2.24) is 10.6 Å². The van der Waals surface area contributed by atoms with Gasteiger partial charge in [0.15, 0.2) is 11.5 Å². The molecule has 1 fully saturated rings. The van der Waals surface area contributed by atoms with Crippen LogP contribution in [0.25, 0.3) is 0 Å². The van der Waals surface area contributed by atoms with Crippen LogP contribution in [0.5, 0.6) is 11.5 Å². The molecule has 0 spiro atoms. The largest absolute Gasteiger partial charge is 0.504 e. The van der Waals surface area contributed by atoms with Gasteiger partial charge in [0, 0.05) is 25.2 Å². The van der Waals surface area contributed by atoms with E-state index in [9.17, 15) is 14.3 Å². The van der Waals surface area contributed by atoms with E-state index in [2.05, 4.69) is 10.6 Å². The van der Waals surface area contributed by atoms with Crippen molar-refractivity contribution < 1.29 is 23.8 Å². The number of nitrogens with one attached hydrogen (secondary N) is 2. The van der Waals surface area contributed by atoms with Crippen molar-refractivity contribution in [2.24, 2.45) is 0 Å². The molecule has 3 rings (SSSR count). The average molecular weight is 360 g/mol. The first-order valence-electron chi connectivity index (χ1n) is 8.34. The zero-order valence-electron chi connectivity index (χ0n) is 14.4. The Hall–Kier alpha value is -2.64. The Bertz CT molecular complexity index is 791. The summed E-state index contributed by atoms with van der Waals surface area (Å²) in [5.41, 5.74) is 1.59. The Balaban J connectivity index is 1.74. The Labute approximate surface area is 150 Å². The lowest BCUT2D eigenvalue weighted by atomic mass is 10.0. The molecule has 1 atom stereocenters. The van der Waals surface area contributed by atoms with Gasteiger partial charge in [-0.3, -0.25) is 4.79 Å². The minimum absolute atomic E-state index is 0.00706. The molecule has 1 aliphatic rings. The molecule has 0 aromatic heterocycles. The summed E-state index contributed by atoms with van der Waals surface area (Å²) in [6.07, 6.45) is -0.296. The zero-order chi connectivity index (χ0) is 18.5. The molecule has 0 radical (unpaired) electrons. The lowest BCUT2D eigenvalue weighted by Crippen LogP contribution is -2.35. The summed E-state index contributed by atoms with van der Waals surface area (Å²) >= 11 is 0. The van der Waals surface area contributed by atoms with E-state index in [1.165, 1.54) is 25.3 Å². The second-order valence-electron chi connectivity index (χ2n) is 5.98. The third-order valence-corrected chi connectivity index (χ3v) is 4.23. The van der Waals surface area contributed by atoms with Crippen molar-refractivity contribution in [1.29, 1.82) is 0 Å². The first-order chi connectivity index (χ1) is 12.6. The van der Waals surface area contributed by atoms with Gasteiger partial charge in [-0.1, -0.05) is 12.1 Å². The van der Waals surface area contributed by atoms with Crippen LogP contribution in [-0.2, 0) is 11.3 Å². The van der Waals surface area contributed by atoms with E-state index in [1.54, 1.807) is 18.2 Å². The molecule has 26 heavy (non-hydrogen) atoms. The number of phenolic OH excluding ortho intramolecular Hbond substituents is 1. The number of methoxy groups -OCH3 is 1. The maximum absolute atomic E-state index is 13.7. The van der Waals surface area contributed by atoms with Gasteiger partial charge in [0.25, 0.3) is 5.91 Å². The van der Waals surface area contributed by atoms with E-state index >= 15 is 0 Å². The van der Waals surface area contributed by atoms with Crippen LogP contribution >= 0.6 is 0 Å². The maximum atomic E-state index is 13.7. The predicted molar refractivity (Wildman–Crippen MR) is 93.8 cm³/mol. The number of halogens is 1. The molecular formula is C19H21FN2O4. The number of hydrogen-bond acceptors (Lipinski definition) is 5. The van der Waals surface area contributed by atoms with Crippen molar-refractivity contribution in [2.75, 3.05) is 26.8 Å². The number of phenols is 1. The first-order valence-corrected chi connectivity index (χ1v) is 8.34. The summed E-state index contributed by atoms with van der Waals surface area (Å²) in [5.74, 6) is -0.532. The molecule has 6 nitrogen and oxygen atoms in total. The van der Waals surface area contributed by atoms with Crippen LogP contribution in [0.2, 0.25) is 0 Å². The molecule has 1 saturated heterocycles. The topological polar surface area (TPSA) is 79.8 Å². The molecule has 138 valence electrons. The molecule has 1 heterocycles. The highest BCUT2D eigenvalue weighted by Crippen LogP contribution is 2.27. The number of ether oxygens (including phenoxy) is 2. The van der Waals surface area contributed by atoms with Crippen LogP contribution in [0.15, 0.2) is 36.4 Å². The number of carbonyl (C=O) groups is 1. The minimum Gasteiger partial charge on any atom is -0.504 e. The maximum Gasteiger partial charge on any atom is 0.252 e. The molecule has 3 N–H and O–H groups in total. The summed E-state index contributed by atoms with van der Waals surface area (Å²) < 4.78 is 24.4. The molecule has 1 unspecified atom stereocenters. The Kier molecular flexibility index (Phi) is 5.70. The van der Waals surface area contributed by atoms with Crippen LogP contribution in [-0.4, -0.2) is 37.8 Å². The molecule has 1 aliphatic heterocycles. The van der Waals surface area contributed by atoms with Crippen LogP contribution in [0, 0.1) is 5.82 Å². The van der Waals surface area contributed by atoms with E-state index in [4.69, 9.17) is 9.47 Å². The van der Waals surface area contributed by atoms with Crippen LogP contribution in [0.3, 0.4) is 0 Å². The molecule has 0 bridgehead atoms. The number of hydrogen-bond donors (Lipinski definition) is 3. The summed E-state index contributed by atoms with van der Waals surface area (Å²) in [6, 6.07) is 8.99. The summed E-state index contributed by atoms with van der Waals surface area (Å²) in [5, 5.41) is 15.8. The van der Waals surface area contributed by atoms with E-state index in [1.807, 2.05) is 0 Å². The van der Waals surface area contributed by atoms with Crippen LogP contribution < -0.4 is 15.4 Å². The number of benzene rings is 2. The molecule has 7 heteroatoms. The SMILES string of the molecule is COc1ccc(CNC(=O)c2cc(F)ccc2C2CNCCO2)cc1O. The van der Waals surface area contributed by atoms with Gasteiger partial charge in [0.2, 0.25) is 0 Å². The van der Waals surface area contributed by atoms with Crippen molar-refractivity contribution in [3.8, 4) is 11.5 Å². The first kappa shape index (κ1) is 18.2. The quantitative estimate of drug-likeness (QED) is 0.761. The monoisotopic (exact) mass is 360 g/mol. The number of carbonyl (C=O) groups excluding carboxylic acids is 1. The lowest BCUT2D eigenvalue weighted by Gasteiger charge is -2.25. The highest BCUT2D eigenvalue weighted by atomic mass is 19.1. The normalized spacial score (nSPS) is 16.9. The van der Waals surface area contributed by atoms with Gasteiger partial charge in [-0.05, 0) is 35.4 Å². The summed E-state index contributed by atoms with van der Waals surface area (Å²) in [7, 11) is 1.46. The minimum atomic E-state index is -0.482. The van der Waals surface area contributed by atoms with Gasteiger partial charge in [-0.25, -0.2) is 4.39 Å². The smallest absolute Gasteiger partial charge is 0.252 e. The number of morpholine rings is 1. The number of rotatable bonds is 5. The van der Waals surface area contributed by atoms with Gasteiger partial charge in [0.05, 0.1) is 19.8 Å². The molecule has 2 aromatic carbocycles. The fourth-order valence-corrected chi connectivity index (χ4v) is 2.89. The fourth-order valence-electron chi connectivity index (χ4n) is 2.89. The van der Waals surface area contributed by atoms with Gasteiger partial charge in [0.1, 0.15) is 5.82 Å². The third-order valence-electron chi connectivity index (χ3n) is 4.23. The Morgan fingerprint density at radius 1 is 1.38 bits per heavy atom. The van der Waals surface area contributed by atoms with Gasteiger partial charge in [-0.15, -0.1) is 0 Å². The van der Waals surface area contributed by atoms with Crippen LogP contribution in [0.1, 0.15) is 27.6 Å². The van der Waals surface area contributed by atoms with Crippen molar-refractivity contribution in [2.45, 2.75) is 12.6 Å². The zero-order valence-corrected chi connectivity index (χ0v) is 14.4. The van der Waals surface area contributed by atoms with Crippen LogP contribution in [0.4, 0.5) is 4.39 Å². The fraction of sp³-hybridized carbons (Fsp3) is 0.316.